The van der Waals surface area contributed by atoms with Gasteiger partial charge in [0.25, 0.3) is 0 Å². The molecule has 2 amide bonds. The summed E-state index contributed by atoms with van der Waals surface area (Å²) in [5.41, 5.74) is 0.688. The van der Waals surface area contributed by atoms with Crippen LogP contribution in [0.1, 0.15) is 32.3 Å². The van der Waals surface area contributed by atoms with Gasteiger partial charge < -0.3 is 15.3 Å². The van der Waals surface area contributed by atoms with E-state index < -0.39 is 11.9 Å². The average Bonchev–Trinajstić information content (AvgIpc) is 2.40. The summed E-state index contributed by atoms with van der Waals surface area (Å²) in [6.07, 6.45) is 0. The monoisotopic (exact) mass is 278 g/mol. The van der Waals surface area contributed by atoms with Crippen LogP contribution in [0.2, 0.25) is 0 Å². The number of carbonyl (C=O) groups is 2. The van der Waals surface area contributed by atoms with E-state index in [-0.39, 0.29) is 18.6 Å². The van der Waals surface area contributed by atoms with Crippen LogP contribution >= 0.6 is 0 Å². The number of carbonyl (C=O) groups excluding carboxylic acids is 1. The Morgan fingerprint density at radius 1 is 1.25 bits per heavy atom. The van der Waals surface area contributed by atoms with Crippen LogP contribution in [0.3, 0.4) is 0 Å². The van der Waals surface area contributed by atoms with Crippen LogP contribution in [0.4, 0.5) is 4.79 Å². The quantitative estimate of drug-likeness (QED) is 0.838. The first kappa shape index (κ1) is 16.0. The van der Waals surface area contributed by atoms with Crippen molar-refractivity contribution in [3.05, 3.63) is 35.9 Å². The Labute approximate surface area is 119 Å². The number of carboxylic acid groups (broad SMARTS) is 1. The second kappa shape index (κ2) is 7.53. The molecule has 0 spiro atoms. The lowest BCUT2D eigenvalue weighted by molar-refractivity contribution is -0.138. The van der Waals surface area contributed by atoms with Gasteiger partial charge in [0, 0.05) is 19.1 Å². The summed E-state index contributed by atoms with van der Waals surface area (Å²) in [4.78, 5) is 25.0. The number of nitrogens with zero attached hydrogens (tertiary/aromatic N) is 1. The SMILES string of the molecule is CCN(C(=O)NCC(C(=O)O)c1ccccc1)C(C)C. The van der Waals surface area contributed by atoms with Gasteiger partial charge in [0.15, 0.2) is 0 Å². The molecule has 0 saturated carbocycles. The maximum absolute atomic E-state index is 12.0. The van der Waals surface area contributed by atoms with Crippen molar-refractivity contribution in [3.8, 4) is 0 Å². The fourth-order valence-corrected chi connectivity index (χ4v) is 2.07. The molecule has 20 heavy (non-hydrogen) atoms. The first-order valence-corrected chi connectivity index (χ1v) is 6.79. The summed E-state index contributed by atoms with van der Waals surface area (Å²) in [6.45, 7) is 6.42. The molecule has 2 N–H and O–H groups in total. The number of carboxylic acids is 1. The van der Waals surface area contributed by atoms with Crippen molar-refractivity contribution >= 4 is 12.0 Å². The van der Waals surface area contributed by atoms with Crippen molar-refractivity contribution in [2.75, 3.05) is 13.1 Å². The normalized spacial score (nSPS) is 12.0. The van der Waals surface area contributed by atoms with Crippen molar-refractivity contribution in [3.63, 3.8) is 0 Å². The van der Waals surface area contributed by atoms with Crippen LogP contribution in [-0.4, -0.2) is 41.1 Å². The van der Waals surface area contributed by atoms with Gasteiger partial charge >= 0.3 is 12.0 Å². The highest BCUT2D eigenvalue weighted by Crippen LogP contribution is 2.15. The molecular weight excluding hydrogens is 256 g/mol. The summed E-state index contributed by atoms with van der Waals surface area (Å²) < 4.78 is 0. The Bertz CT molecular complexity index is 446. The Hall–Kier alpha value is -2.04. The number of nitrogens with one attached hydrogen (secondary N) is 1. The Morgan fingerprint density at radius 3 is 2.30 bits per heavy atom. The van der Waals surface area contributed by atoms with Gasteiger partial charge in [0.1, 0.15) is 0 Å². The van der Waals surface area contributed by atoms with Gasteiger partial charge in [-0.2, -0.15) is 0 Å². The van der Waals surface area contributed by atoms with Crippen LogP contribution in [0.25, 0.3) is 0 Å². The maximum Gasteiger partial charge on any atom is 0.317 e. The van der Waals surface area contributed by atoms with E-state index >= 15 is 0 Å². The van der Waals surface area contributed by atoms with Crippen molar-refractivity contribution in [1.29, 1.82) is 0 Å². The molecule has 110 valence electrons. The number of hydrogen-bond acceptors (Lipinski definition) is 2. The summed E-state index contributed by atoms with van der Waals surface area (Å²) in [5.74, 6) is -1.67. The average molecular weight is 278 g/mol. The number of amides is 2. The second-order valence-electron chi connectivity index (χ2n) is 4.87. The minimum atomic E-state index is -0.941. The molecule has 1 atom stereocenters. The molecule has 0 saturated heterocycles. The summed E-state index contributed by atoms with van der Waals surface area (Å²) >= 11 is 0. The Balaban J connectivity index is 2.69. The van der Waals surface area contributed by atoms with Gasteiger partial charge in [0.2, 0.25) is 0 Å². The molecule has 1 unspecified atom stereocenters. The van der Waals surface area contributed by atoms with Crippen molar-refractivity contribution < 1.29 is 14.7 Å². The molecular formula is C15H22N2O3. The largest absolute Gasteiger partial charge is 0.481 e. The number of rotatable bonds is 6. The zero-order valence-corrected chi connectivity index (χ0v) is 12.2. The molecule has 1 aromatic carbocycles. The minimum absolute atomic E-state index is 0.0833. The van der Waals surface area contributed by atoms with Crippen molar-refractivity contribution in [1.82, 2.24) is 10.2 Å². The lowest BCUT2D eigenvalue weighted by Gasteiger charge is -2.26. The molecule has 0 aromatic heterocycles. The molecule has 0 fully saturated rings. The number of hydrogen-bond donors (Lipinski definition) is 2. The second-order valence-corrected chi connectivity index (χ2v) is 4.87. The number of benzene rings is 1. The van der Waals surface area contributed by atoms with Gasteiger partial charge in [-0.05, 0) is 26.3 Å². The lowest BCUT2D eigenvalue weighted by Crippen LogP contribution is -2.45. The molecule has 0 aliphatic heterocycles. The first-order valence-electron chi connectivity index (χ1n) is 6.79. The van der Waals surface area contributed by atoms with Crippen LogP contribution in [-0.2, 0) is 4.79 Å². The highest BCUT2D eigenvalue weighted by molar-refractivity contribution is 5.79. The zero-order chi connectivity index (χ0) is 15.1. The van der Waals surface area contributed by atoms with Crippen LogP contribution in [0.5, 0.6) is 0 Å². The molecule has 0 aliphatic rings. The van der Waals surface area contributed by atoms with Gasteiger partial charge in [-0.1, -0.05) is 30.3 Å². The molecule has 0 radical (unpaired) electrons. The highest BCUT2D eigenvalue weighted by atomic mass is 16.4. The van der Waals surface area contributed by atoms with Crippen molar-refractivity contribution in [2.45, 2.75) is 32.7 Å². The predicted octanol–water partition coefficient (Wildman–Crippen LogP) is 2.29. The fraction of sp³-hybridized carbons (Fsp3) is 0.467. The van der Waals surface area contributed by atoms with Crippen LogP contribution in [0.15, 0.2) is 30.3 Å². The standard InChI is InChI=1S/C15H22N2O3/c1-4-17(11(2)3)15(20)16-10-13(14(18)19)12-8-6-5-7-9-12/h5-9,11,13H,4,10H2,1-3H3,(H,16,20)(H,18,19). The van der Waals surface area contributed by atoms with Crippen LogP contribution < -0.4 is 5.32 Å². The smallest absolute Gasteiger partial charge is 0.317 e. The zero-order valence-electron chi connectivity index (χ0n) is 12.2. The topological polar surface area (TPSA) is 69.6 Å². The molecule has 0 bridgehead atoms. The van der Waals surface area contributed by atoms with Gasteiger partial charge in [-0.25, -0.2) is 4.79 Å². The molecule has 1 aromatic rings. The lowest BCUT2D eigenvalue weighted by atomic mass is 9.99. The van der Waals surface area contributed by atoms with Crippen molar-refractivity contribution in [2.24, 2.45) is 0 Å². The molecule has 1 rings (SSSR count). The van der Waals surface area contributed by atoms with E-state index in [2.05, 4.69) is 5.32 Å². The van der Waals surface area contributed by atoms with Gasteiger partial charge in [-0.3, -0.25) is 4.79 Å². The minimum Gasteiger partial charge on any atom is -0.481 e. The van der Waals surface area contributed by atoms with Crippen LogP contribution in [0, 0.1) is 0 Å². The molecule has 5 heteroatoms. The maximum atomic E-state index is 12.0. The van der Waals surface area contributed by atoms with E-state index in [0.717, 1.165) is 0 Å². The van der Waals surface area contributed by atoms with E-state index in [1.807, 2.05) is 26.8 Å². The van der Waals surface area contributed by atoms with E-state index in [1.54, 1.807) is 29.2 Å². The Morgan fingerprint density at radius 2 is 1.85 bits per heavy atom. The molecule has 0 heterocycles. The summed E-state index contributed by atoms with van der Waals surface area (Å²) in [7, 11) is 0. The first-order chi connectivity index (χ1) is 9.47. The Kier molecular flexibility index (Phi) is 6.03. The van der Waals surface area contributed by atoms with Gasteiger partial charge in [-0.15, -0.1) is 0 Å². The van der Waals surface area contributed by atoms with E-state index in [1.165, 1.54) is 0 Å². The number of aliphatic carboxylic acids is 1. The third-order valence-electron chi connectivity index (χ3n) is 3.18. The van der Waals surface area contributed by atoms with E-state index in [0.29, 0.717) is 12.1 Å². The molecule has 5 nitrogen and oxygen atoms in total. The summed E-state index contributed by atoms with van der Waals surface area (Å²) in [6, 6.07) is 8.78. The highest BCUT2D eigenvalue weighted by Gasteiger charge is 2.22. The third-order valence-corrected chi connectivity index (χ3v) is 3.18. The van der Waals surface area contributed by atoms with E-state index in [9.17, 15) is 14.7 Å². The van der Waals surface area contributed by atoms with Gasteiger partial charge in [0.05, 0.1) is 5.92 Å². The fourth-order valence-electron chi connectivity index (χ4n) is 2.07. The predicted molar refractivity (Wildman–Crippen MR) is 77.7 cm³/mol. The van der Waals surface area contributed by atoms with E-state index in [4.69, 9.17) is 0 Å². The molecule has 0 aliphatic carbocycles. The third kappa shape index (κ3) is 4.26. The summed E-state index contributed by atoms with van der Waals surface area (Å²) in [5, 5.41) is 12.0. The number of urea groups is 1.